The molecular weight excluding hydrogens is 254 g/mol. The van der Waals surface area contributed by atoms with E-state index in [1.54, 1.807) is 0 Å². The van der Waals surface area contributed by atoms with Crippen molar-refractivity contribution in [2.45, 2.75) is 52.5 Å². The molecule has 1 atom stereocenters. The van der Waals surface area contributed by atoms with Crippen molar-refractivity contribution in [3.8, 4) is 0 Å². The van der Waals surface area contributed by atoms with Gasteiger partial charge in [-0.3, -0.25) is 0 Å². The molecule has 1 nitrogen and oxygen atoms in total. The fourth-order valence-corrected chi connectivity index (χ4v) is 3.61. The van der Waals surface area contributed by atoms with Crippen molar-refractivity contribution in [2.24, 2.45) is 5.92 Å². The van der Waals surface area contributed by atoms with E-state index in [9.17, 15) is 0 Å². The summed E-state index contributed by atoms with van der Waals surface area (Å²) in [5, 5.41) is 6.40. The average Bonchev–Trinajstić information content (AvgIpc) is 2.51. The quantitative estimate of drug-likeness (QED) is 0.695. The maximum Gasteiger partial charge on any atom is 0.0352 e. The van der Waals surface area contributed by atoms with Gasteiger partial charge < -0.3 is 5.32 Å². The van der Waals surface area contributed by atoms with Crippen LogP contribution in [0.25, 0.3) is 10.8 Å². The number of hydrogen-bond donors (Lipinski definition) is 1. The molecule has 0 radical (unpaired) electrons. The Morgan fingerprint density at radius 3 is 2.10 bits per heavy atom. The van der Waals surface area contributed by atoms with Crippen LogP contribution in [0, 0.1) is 12.8 Å². The molecule has 0 saturated carbocycles. The van der Waals surface area contributed by atoms with Crippen molar-refractivity contribution in [3.63, 3.8) is 0 Å². The van der Waals surface area contributed by atoms with Crippen LogP contribution in [-0.2, 0) is 0 Å². The summed E-state index contributed by atoms with van der Waals surface area (Å²) in [7, 11) is 2.11. The third kappa shape index (κ3) is 3.47. The fourth-order valence-electron chi connectivity index (χ4n) is 3.61. The second-order valence-electron chi connectivity index (χ2n) is 6.12. The largest absolute Gasteiger partial charge is 0.313 e. The van der Waals surface area contributed by atoms with Crippen LogP contribution >= 0.6 is 0 Å². The van der Waals surface area contributed by atoms with Crippen LogP contribution < -0.4 is 5.32 Å². The Bertz CT molecular complexity index is 567. The summed E-state index contributed by atoms with van der Waals surface area (Å²) in [6.45, 7) is 6.79. The Morgan fingerprint density at radius 1 is 0.905 bits per heavy atom. The summed E-state index contributed by atoms with van der Waals surface area (Å²) in [6, 6.07) is 13.9. The zero-order valence-electron chi connectivity index (χ0n) is 13.9. The molecule has 2 aromatic carbocycles. The Morgan fingerprint density at radius 2 is 1.52 bits per heavy atom. The third-order valence-electron chi connectivity index (χ3n) is 4.61. The standard InChI is InChI=1S/C20H29N/c1-5-9-16(10-6-2)20(21-4)19-14-13-15(3)17-11-7-8-12-18(17)19/h7-8,11-14,16,20-21H,5-6,9-10H2,1-4H3. The molecule has 0 heterocycles. The number of hydrogen-bond acceptors (Lipinski definition) is 1. The van der Waals surface area contributed by atoms with Gasteiger partial charge in [-0.25, -0.2) is 0 Å². The van der Waals surface area contributed by atoms with Gasteiger partial charge in [0.15, 0.2) is 0 Å². The van der Waals surface area contributed by atoms with Crippen molar-refractivity contribution in [1.29, 1.82) is 0 Å². The lowest BCUT2D eigenvalue weighted by molar-refractivity contribution is 0.332. The molecule has 1 heteroatoms. The van der Waals surface area contributed by atoms with Crippen LogP contribution in [0.1, 0.15) is 56.7 Å². The van der Waals surface area contributed by atoms with E-state index in [0.717, 1.165) is 5.92 Å². The molecule has 2 aromatic rings. The van der Waals surface area contributed by atoms with Gasteiger partial charge in [0.25, 0.3) is 0 Å². The maximum atomic E-state index is 3.60. The zero-order chi connectivity index (χ0) is 15.2. The van der Waals surface area contributed by atoms with Crippen LogP contribution in [0.5, 0.6) is 0 Å². The van der Waals surface area contributed by atoms with Crippen LogP contribution in [0.15, 0.2) is 36.4 Å². The lowest BCUT2D eigenvalue weighted by atomic mass is 9.83. The number of benzene rings is 2. The predicted octanol–water partition coefficient (Wildman–Crippen LogP) is 5.63. The van der Waals surface area contributed by atoms with Crippen LogP contribution in [0.4, 0.5) is 0 Å². The fraction of sp³-hybridized carbons (Fsp3) is 0.500. The van der Waals surface area contributed by atoms with Gasteiger partial charge in [-0.15, -0.1) is 0 Å². The summed E-state index contributed by atoms with van der Waals surface area (Å²) < 4.78 is 0. The second-order valence-corrected chi connectivity index (χ2v) is 6.12. The molecule has 0 amide bonds. The molecule has 0 spiro atoms. The Balaban J connectivity index is 2.48. The number of fused-ring (bicyclic) bond motifs is 1. The average molecular weight is 283 g/mol. The first-order valence-electron chi connectivity index (χ1n) is 8.38. The van der Waals surface area contributed by atoms with E-state index in [1.165, 1.54) is 47.6 Å². The van der Waals surface area contributed by atoms with E-state index in [4.69, 9.17) is 0 Å². The van der Waals surface area contributed by atoms with E-state index >= 15 is 0 Å². The minimum absolute atomic E-state index is 0.454. The van der Waals surface area contributed by atoms with E-state index in [1.807, 2.05) is 0 Å². The van der Waals surface area contributed by atoms with Crippen molar-refractivity contribution >= 4 is 10.8 Å². The predicted molar refractivity (Wildman–Crippen MR) is 93.8 cm³/mol. The highest BCUT2D eigenvalue weighted by molar-refractivity contribution is 5.88. The lowest BCUT2D eigenvalue weighted by Gasteiger charge is -2.28. The van der Waals surface area contributed by atoms with Crippen molar-refractivity contribution < 1.29 is 0 Å². The van der Waals surface area contributed by atoms with Crippen LogP contribution in [-0.4, -0.2) is 7.05 Å². The molecule has 0 aliphatic heterocycles. The van der Waals surface area contributed by atoms with Crippen molar-refractivity contribution in [2.75, 3.05) is 7.05 Å². The molecule has 2 rings (SSSR count). The highest BCUT2D eigenvalue weighted by Gasteiger charge is 2.22. The first kappa shape index (κ1) is 16.0. The van der Waals surface area contributed by atoms with Gasteiger partial charge >= 0.3 is 0 Å². The molecule has 1 unspecified atom stereocenters. The molecule has 0 aromatic heterocycles. The number of nitrogens with one attached hydrogen (secondary N) is 1. The van der Waals surface area contributed by atoms with Crippen LogP contribution in [0.2, 0.25) is 0 Å². The molecule has 0 saturated heterocycles. The molecule has 0 aliphatic carbocycles. The second kappa shape index (κ2) is 7.61. The lowest BCUT2D eigenvalue weighted by Crippen LogP contribution is -2.25. The van der Waals surface area contributed by atoms with Gasteiger partial charge in [-0.1, -0.05) is 63.1 Å². The van der Waals surface area contributed by atoms with Gasteiger partial charge in [0.05, 0.1) is 0 Å². The topological polar surface area (TPSA) is 12.0 Å². The third-order valence-corrected chi connectivity index (χ3v) is 4.61. The van der Waals surface area contributed by atoms with Crippen molar-refractivity contribution in [1.82, 2.24) is 5.32 Å². The van der Waals surface area contributed by atoms with Crippen molar-refractivity contribution in [3.05, 3.63) is 47.5 Å². The molecule has 114 valence electrons. The Hall–Kier alpha value is -1.34. The molecule has 0 bridgehead atoms. The maximum absolute atomic E-state index is 3.60. The summed E-state index contributed by atoms with van der Waals surface area (Å²) >= 11 is 0. The monoisotopic (exact) mass is 283 g/mol. The summed E-state index contributed by atoms with van der Waals surface area (Å²) in [4.78, 5) is 0. The first-order chi connectivity index (χ1) is 10.2. The Kier molecular flexibility index (Phi) is 5.81. The van der Waals surface area contributed by atoms with E-state index in [-0.39, 0.29) is 0 Å². The highest BCUT2D eigenvalue weighted by Crippen LogP contribution is 2.34. The Labute approximate surface area is 129 Å². The van der Waals surface area contributed by atoms with Gasteiger partial charge in [-0.2, -0.15) is 0 Å². The van der Waals surface area contributed by atoms with Gasteiger partial charge in [-0.05, 0) is 54.6 Å². The van der Waals surface area contributed by atoms with Gasteiger partial charge in [0.2, 0.25) is 0 Å². The molecule has 21 heavy (non-hydrogen) atoms. The number of rotatable bonds is 7. The summed E-state index contributed by atoms with van der Waals surface area (Å²) in [5.41, 5.74) is 2.83. The van der Waals surface area contributed by atoms with Gasteiger partial charge in [0, 0.05) is 6.04 Å². The smallest absolute Gasteiger partial charge is 0.0352 e. The summed E-state index contributed by atoms with van der Waals surface area (Å²) in [5.74, 6) is 0.719. The molecule has 0 aliphatic rings. The molecule has 0 fully saturated rings. The highest BCUT2D eigenvalue weighted by atomic mass is 14.9. The SMILES string of the molecule is CCCC(CCC)C(NC)c1ccc(C)c2ccccc12. The first-order valence-corrected chi connectivity index (χ1v) is 8.38. The minimum Gasteiger partial charge on any atom is -0.313 e. The van der Waals surface area contributed by atoms with E-state index < -0.39 is 0 Å². The minimum atomic E-state index is 0.454. The van der Waals surface area contributed by atoms with Gasteiger partial charge in [0.1, 0.15) is 0 Å². The normalized spacial score (nSPS) is 13.0. The number of aryl methyl sites for hydroxylation is 1. The van der Waals surface area contributed by atoms with E-state index in [2.05, 4.69) is 69.5 Å². The summed E-state index contributed by atoms with van der Waals surface area (Å²) in [6.07, 6.45) is 5.10. The molecule has 1 N–H and O–H groups in total. The van der Waals surface area contributed by atoms with Crippen LogP contribution in [0.3, 0.4) is 0 Å². The zero-order valence-corrected chi connectivity index (χ0v) is 13.9. The molecular formula is C20H29N. The van der Waals surface area contributed by atoms with E-state index in [0.29, 0.717) is 6.04 Å².